The van der Waals surface area contributed by atoms with Crippen LogP contribution in [0.2, 0.25) is 5.02 Å². The van der Waals surface area contributed by atoms with Gasteiger partial charge >= 0.3 is 6.18 Å². The molecule has 8 heteroatoms. The number of alkyl halides is 3. The zero-order valence-corrected chi connectivity index (χ0v) is 11.3. The van der Waals surface area contributed by atoms with Crippen LogP contribution in [-0.4, -0.2) is 25.8 Å². The van der Waals surface area contributed by atoms with Crippen LogP contribution in [0, 0.1) is 0 Å². The lowest BCUT2D eigenvalue weighted by Crippen LogP contribution is -2.29. The van der Waals surface area contributed by atoms with Gasteiger partial charge in [-0.15, -0.1) is 0 Å². The summed E-state index contributed by atoms with van der Waals surface area (Å²) in [5.74, 6) is -0.130. The number of benzene rings is 1. The van der Waals surface area contributed by atoms with Gasteiger partial charge in [0.05, 0.1) is 12.1 Å². The van der Waals surface area contributed by atoms with E-state index in [9.17, 15) is 18.0 Å². The van der Waals surface area contributed by atoms with Crippen molar-refractivity contribution in [2.24, 2.45) is 0 Å². The number of hydrogen-bond acceptors (Lipinski definition) is 3. The summed E-state index contributed by atoms with van der Waals surface area (Å²) in [5, 5.41) is 0.402. The first-order valence-corrected chi connectivity index (χ1v) is 5.99. The van der Waals surface area contributed by atoms with Gasteiger partial charge in [0.15, 0.2) is 6.61 Å². The van der Waals surface area contributed by atoms with Crippen molar-refractivity contribution in [3.63, 3.8) is 0 Å². The zero-order chi connectivity index (χ0) is 15.2. The van der Waals surface area contributed by atoms with E-state index in [2.05, 4.69) is 4.84 Å². The van der Waals surface area contributed by atoms with Crippen molar-refractivity contribution in [3.8, 4) is 5.75 Å². The van der Waals surface area contributed by atoms with Crippen LogP contribution in [0.3, 0.4) is 0 Å². The summed E-state index contributed by atoms with van der Waals surface area (Å²) >= 11 is 5.90. The van der Waals surface area contributed by atoms with E-state index in [-0.39, 0.29) is 6.42 Å². The van der Waals surface area contributed by atoms with Crippen LogP contribution in [-0.2, 0) is 16.1 Å². The Morgan fingerprint density at radius 2 is 2.10 bits per heavy atom. The topological polar surface area (TPSA) is 47.6 Å². The molecule has 0 fully saturated rings. The minimum atomic E-state index is -4.48. The molecule has 1 rings (SSSR count). The van der Waals surface area contributed by atoms with E-state index in [1.165, 1.54) is 7.11 Å². The van der Waals surface area contributed by atoms with Crippen molar-refractivity contribution >= 4 is 17.5 Å². The predicted octanol–water partition coefficient (Wildman–Crippen LogP) is 2.89. The molecular formula is C12H13ClF3NO3. The summed E-state index contributed by atoms with van der Waals surface area (Å²) < 4.78 is 40.3. The third-order valence-electron chi connectivity index (χ3n) is 2.28. The van der Waals surface area contributed by atoms with Gasteiger partial charge in [0.1, 0.15) is 5.75 Å². The molecule has 4 nitrogen and oxygen atoms in total. The van der Waals surface area contributed by atoms with Crippen LogP contribution >= 0.6 is 11.6 Å². The molecular weight excluding hydrogens is 299 g/mol. The SMILES string of the molecule is COc1ccc(CCC(=O)NOCC(F)(F)F)cc1Cl. The number of amides is 1. The lowest BCUT2D eigenvalue weighted by atomic mass is 10.1. The number of carbonyl (C=O) groups is 1. The highest BCUT2D eigenvalue weighted by molar-refractivity contribution is 6.32. The second-order valence-electron chi connectivity index (χ2n) is 3.90. The third kappa shape index (κ3) is 6.12. The maximum absolute atomic E-state index is 11.8. The van der Waals surface area contributed by atoms with E-state index in [0.717, 1.165) is 5.56 Å². The number of halogens is 4. The van der Waals surface area contributed by atoms with E-state index in [1.807, 2.05) is 0 Å². The fourth-order valence-electron chi connectivity index (χ4n) is 1.37. The Morgan fingerprint density at radius 1 is 1.40 bits per heavy atom. The number of hydroxylamine groups is 1. The summed E-state index contributed by atoms with van der Waals surface area (Å²) in [6.45, 7) is -1.52. The molecule has 0 aliphatic carbocycles. The summed E-state index contributed by atoms with van der Waals surface area (Å²) in [4.78, 5) is 15.3. The smallest absolute Gasteiger partial charge is 0.414 e. The third-order valence-corrected chi connectivity index (χ3v) is 2.57. The Kier molecular flexibility index (Phi) is 6.09. The van der Waals surface area contributed by atoms with Crippen LogP contribution < -0.4 is 10.2 Å². The maximum Gasteiger partial charge on any atom is 0.414 e. The summed E-state index contributed by atoms with van der Waals surface area (Å²) in [5.41, 5.74) is 2.50. The maximum atomic E-state index is 11.8. The van der Waals surface area contributed by atoms with Crippen molar-refractivity contribution in [3.05, 3.63) is 28.8 Å². The van der Waals surface area contributed by atoms with Crippen molar-refractivity contribution in [2.75, 3.05) is 13.7 Å². The molecule has 0 atom stereocenters. The van der Waals surface area contributed by atoms with Crippen LogP contribution in [0.5, 0.6) is 5.75 Å². The Balaban J connectivity index is 2.36. The summed E-state index contributed by atoms with van der Waals surface area (Å²) in [7, 11) is 1.48. The predicted molar refractivity (Wildman–Crippen MR) is 66.5 cm³/mol. The molecule has 1 aromatic carbocycles. The van der Waals surface area contributed by atoms with Gasteiger partial charge in [-0.25, -0.2) is 5.48 Å². The molecule has 1 aromatic rings. The highest BCUT2D eigenvalue weighted by Gasteiger charge is 2.28. The van der Waals surface area contributed by atoms with Crippen molar-refractivity contribution in [1.82, 2.24) is 5.48 Å². The van der Waals surface area contributed by atoms with E-state index in [4.69, 9.17) is 16.3 Å². The van der Waals surface area contributed by atoms with Gasteiger partial charge in [-0.1, -0.05) is 17.7 Å². The van der Waals surface area contributed by atoms with Crippen LogP contribution in [0.4, 0.5) is 13.2 Å². The number of hydrogen-bond donors (Lipinski definition) is 1. The monoisotopic (exact) mass is 311 g/mol. The quantitative estimate of drug-likeness (QED) is 0.822. The fourth-order valence-corrected chi connectivity index (χ4v) is 1.65. The zero-order valence-electron chi connectivity index (χ0n) is 10.6. The number of nitrogens with one attached hydrogen (secondary N) is 1. The van der Waals surface area contributed by atoms with Crippen LogP contribution in [0.15, 0.2) is 18.2 Å². The molecule has 0 bridgehead atoms. The number of methoxy groups -OCH3 is 1. The van der Waals surface area contributed by atoms with Crippen molar-refractivity contribution < 1.29 is 27.5 Å². The number of aryl methyl sites for hydroxylation is 1. The summed E-state index contributed by atoms with van der Waals surface area (Å²) in [6.07, 6.45) is -4.16. The lowest BCUT2D eigenvalue weighted by molar-refractivity contribution is -0.191. The van der Waals surface area contributed by atoms with Gasteiger partial charge in [0.25, 0.3) is 0 Å². The molecule has 0 aromatic heterocycles. The molecule has 0 heterocycles. The first kappa shape index (κ1) is 16.6. The van der Waals surface area contributed by atoms with Gasteiger partial charge in [-0.3, -0.25) is 9.63 Å². The minimum Gasteiger partial charge on any atom is -0.495 e. The standard InChI is InChI=1S/C12H13ClF3NO3/c1-19-10-4-2-8(6-9(10)13)3-5-11(18)17-20-7-12(14,15)16/h2,4,6H,3,5,7H2,1H3,(H,17,18). The van der Waals surface area contributed by atoms with Crippen LogP contribution in [0.25, 0.3) is 0 Å². The molecule has 112 valence electrons. The molecule has 1 amide bonds. The van der Waals surface area contributed by atoms with Crippen molar-refractivity contribution in [1.29, 1.82) is 0 Å². The first-order valence-electron chi connectivity index (χ1n) is 5.61. The van der Waals surface area contributed by atoms with Gasteiger partial charge in [-0.2, -0.15) is 13.2 Å². The highest BCUT2D eigenvalue weighted by Crippen LogP contribution is 2.25. The molecule has 0 radical (unpaired) electrons. The Labute approximate surface area is 118 Å². The molecule has 20 heavy (non-hydrogen) atoms. The number of rotatable bonds is 6. The van der Waals surface area contributed by atoms with E-state index in [1.54, 1.807) is 23.7 Å². The second-order valence-corrected chi connectivity index (χ2v) is 4.31. The molecule has 0 saturated heterocycles. The molecule has 1 N–H and O–H groups in total. The molecule has 0 aliphatic heterocycles. The van der Waals surface area contributed by atoms with Crippen LogP contribution in [0.1, 0.15) is 12.0 Å². The Bertz CT molecular complexity index is 466. The van der Waals surface area contributed by atoms with Gasteiger partial charge < -0.3 is 4.74 Å². The molecule has 0 spiro atoms. The van der Waals surface area contributed by atoms with Gasteiger partial charge in [-0.05, 0) is 24.1 Å². The molecule has 0 saturated carbocycles. The highest BCUT2D eigenvalue weighted by atomic mass is 35.5. The van der Waals surface area contributed by atoms with E-state index in [0.29, 0.717) is 17.2 Å². The summed E-state index contributed by atoms with van der Waals surface area (Å²) in [6, 6.07) is 4.99. The normalized spacial score (nSPS) is 11.2. The average Bonchev–Trinajstić information content (AvgIpc) is 2.35. The largest absolute Gasteiger partial charge is 0.495 e. The lowest BCUT2D eigenvalue weighted by Gasteiger charge is -2.09. The van der Waals surface area contributed by atoms with Gasteiger partial charge in [0, 0.05) is 6.42 Å². The Hall–Kier alpha value is -1.47. The van der Waals surface area contributed by atoms with Crippen molar-refractivity contribution in [2.45, 2.75) is 19.0 Å². The molecule has 0 aliphatic rings. The van der Waals surface area contributed by atoms with Gasteiger partial charge in [0.2, 0.25) is 5.91 Å². The average molecular weight is 312 g/mol. The fraction of sp³-hybridized carbons (Fsp3) is 0.417. The Morgan fingerprint density at radius 3 is 2.65 bits per heavy atom. The first-order chi connectivity index (χ1) is 9.31. The number of carbonyl (C=O) groups excluding carboxylic acids is 1. The molecule has 0 unspecified atom stereocenters. The second kappa shape index (κ2) is 7.35. The van der Waals surface area contributed by atoms with E-state index >= 15 is 0 Å². The minimum absolute atomic E-state index is 0.0134. The number of ether oxygens (including phenoxy) is 1. The van der Waals surface area contributed by atoms with E-state index < -0.39 is 18.7 Å².